The van der Waals surface area contributed by atoms with Gasteiger partial charge < -0.3 is 9.87 Å². The van der Waals surface area contributed by atoms with Crippen LogP contribution >= 0.6 is 0 Å². The average Bonchev–Trinajstić information content (AvgIpc) is 1.84. The fourth-order valence-electron chi connectivity index (χ4n) is 1.14. The Balaban J connectivity index is 2.00. The fourth-order valence-corrected chi connectivity index (χ4v) is 1.55. The third-order valence-corrected chi connectivity index (χ3v) is 2.46. The first-order valence-corrected chi connectivity index (χ1v) is 4.92. The second-order valence-electron chi connectivity index (χ2n) is 2.75. The summed E-state index contributed by atoms with van der Waals surface area (Å²) >= 11 is -1.88. The molecule has 1 rings (SSSR count). The topological polar surface area (TPSA) is 55.4 Å². The van der Waals surface area contributed by atoms with Gasteiger partial charge in [-0.2, -0.15) is 0 Å². The Morgan fingerprint density at radius 2 is 2.36 bits per heavy atom. The summed E-state index contributed by atoms with van der Waals surface area (Å²) in [4.78, 5) is 2.12. The second kappa shape index (κ2) is 4.15. The van der Waals surface area contributed by atoms with Crippen LogP contribution in [0.3, 0.4) is 0 Å². The smallest absolute Gasteiger partial charge is 0.0320 e. The van der Waals surface area contributed by atoms with Crippen LogP contribution in [0.5, 0.6) is 0 Å². The van der Waals surface area contributed by atoms with Gasteiger partial charge in [-0.15, -0.1) is 0 Å². The zero-order valence-electron chi connectivity index (χ0n) is 6.58. The van der Waals surface area contributed by atoms with Crippen LogP contribution in [0, 0.1) is 0 Å². The lowest BCUT2D eigenvalue weighted by molar-refractivity contribution is 0.141. The molecule has 0 aliphatic carbocycles. The molecular weight excluding hydrogens is 164 g/mol. The van der Waals surface area contributed by atoms with Crippen molar-refractivity contribution in [3.8, 4) is 0 Å². The maximum atomic E-state index is 10.2. The van der Waals surface area contributed by atoms with Crippen LogP contribution in [0.2, 0.25) is 0 Å². The molecule has 66 valence electrons. The van der Waals surface area contributed by atoms with E-state index in [-0.39, 0.29) is 5.75 Å². The quantitative estimate of drug-likeness (QED) is 0.546. The highest BCUT2D eigenvalue weighted by atomic mass is 32.2. The minimum absolute atomic E-state index is 0.260. The van der Waals surface area contributed by atoms with Crippen LogP contribution in [-0.4, -0.2) is 52.1 Å². The van der Waals surface area contributed by atoms with Gasteiger partial charge >= 0.3 is 0 Å². The lowest BCUT2D eigenvalue weighted by Crippen LogP contribution is -2.57. The Hall–Kier alpha value is 0.0300. The van der Waals surface area contributed by atoms with E-state index in [1.54, 1.807) is 0 Å². The summed E-state index contributed by atoms with van der Waals surface area (Å²) in [5, 5.41) is 3.12. The van der Waals surface area contributed by atoms with Crippen molar-refractivity contribution >= 4 is 11.1 Å². The highest BCUT2D eigenvalue weighted by Crippen LogP contribution is 2.05. The van der Waals surface area contributed by atoms with Crippen molar-refractivity contribution in [2.24, 2.45) is 0 Å². The van der Waals surface area contributed by atoms with Crippen LogP contribution in [0.15, 0.2) is 0 Å². The number of hydrogen-bond donors (Lipinski definition) is 1. The number of hydrogen-bond acceptors (Lipinski definition) is 4. The van der Waals surface area contributed by atoms with E-state index < -0.39 is 11.1 Å². The number of nitrogens with zero attached hydrogens (tertiary/aromatic N) is 1. The molecule has 4 nitrogen and oxygen atoms in total. The van der Waals surface area contributed by atoms with Crippen LogP contribution in [0.25, 0.3) is 0 Å². The molecule has 0 aromatic carbocycles. The average molecular weight is 177 g/mol. The predicted molar refractivity (Wildman–Crippen MR) is 43.1 cm³/mol. The van der Waals surface area contributed by atoms with Gasteiger partial charge in [0.05, 0.1) is 0 Å². The summed E-state index contributed by atoms with van der Waals surface area (Å²) < 4.78 is 20.3. The lowest BCUT2D eigenvalue weighted by Gasteiger charge is -2.39. The van der Waals surface area contributed by atoms with Crippen LogP contribution in [0.4, 0.5) is 0 Å². The third-order valence-electron chi connectivity index (χ3n) is 1.94. The molecule has 11 heavy (non-hydrogen) atoms. The molecule has 1 aliphatic heterocycles. The molecule has 0 aromatic rings. The zero-order chi connectivity index (χ0) is 8.27. The van der Waals surface area contributed by atoms with E-state index in [4.69, 9.17) is 0 Å². The van der Waals surface area contributed by atoms with Gasteiger partial charge in [-0.1, -0.05) is 11.1 Å². The van der Waals surface area contributed by atoms with Crippen molar-refractivity contribution in [3.63, 3.8) is 0 Å². The van der Waals surface area contributed by atoms with E-state index in [1.165, 1.54) is 0 Å². The molecule has 0 amide bonds. The van der Waals surface area contributed by atoms with E-state index in [0.717, 1.165) is 13.1 Å². The molecule has 1 N–H and O–H groups in total. The summed E-state index contributed by atoms with van der Waals surface area (Å²) in [6.45, 7) is 2.63. The first-order valence-electron chi connectivity index (χ1n) is 3.68. The van der Waals surface area contributed by atoms with Crippen molar-refractivity contribution < 1.29 is 8.76 Å². The van der Waals surface area contributed by atoms with Crippen molar-refractivity contribution in [3.05, 3.63) is 0 Å². The summed E-state index contributed by atoms with van der Waals surface area (Å²) in [6.07, 6.45) is 0. The molecule has 1 atom stereocenters. The Bertz CT molecular complexity index is 148. The molecule has 1 saturated heterocycles. The molecule has 0 aromatic heterocycles. The van der Waals surface area contributed by atoms with Crippen molar-refractivity contribution in [1.29, 1.82) is 0 Å². The first-order chi connectivity index (χ1) is 5.22. The highest BCUT2D eigenvalue weighted by molar-refractivity contribution is 7.79. The van der Waals surface area contributed by atoms with Gasteiger partial charge in [0.2, 0.25) is 0 Å². The van der Waals surface area contributed by atoms with E-state index >= 15 is 0 Å². The normalized spacial score (nSPS) is 23.1. The van der Waals surface area contributed by atoms with Crippen LogP contribution < -0.4 is 5.32 Å². The van der Waals surface area contributed by atoms with Gasteiger partial charge in [0.1, 0.15) is 0 Å². The van der Waals surface area contributed by atoms with E-state index in [9.17, 15) is 8.76 Å². The van der Waals surface area contributed by atoms with E-state index in [1.807, 2.05) is 7.05 Å². The van der Waals surface area contributed by atoms with Gasteiger partial charge in [-0.3, -0.25) is 9.11 Å². The molecule has 5 heteroatoms. The number of nitrogens with one attached hydrogen (secondary N) is 1. The Morgan fingerprint density at radius 1 is 1.73 bits per heavy atom. The fraction of sp³-hybridized carbons (Fsp3) is 1.00. The maximum absolute atomic E-state index is 10.2. The van der Waals surface area contributed by atoms with Gasteiger partial charge in [0.15, 0.2) is 0 Å². The van der Waals surface area contributed by atoms with E-state index in [2.05, 4.69) is 10.2 Å². The Morgan fingerprint density at radius 3 is 2.82 bits per heavy atom. The molecule has 0 radical (unpaired) electrons. The monoisotopic (exact) mass is 177 g/mol. The summed E-state index contributed by atoms with van der Waals surface area (Å²) in [6, 6.07) is 0.565. The minimum Gasteiger partial charge on any atom is -0.772 e. The minimum atomic E-state index is -1.88. The first kappa shape index (κ1) is 9.12. The summed E-state index contributed by atoms with van der Waals surface area (Å²) in [5.74, 6) is 0.260. The van der Waals surface area contributed by atoms with Crippen molar-refractivity contribution in [1.82, 2.24) is 10.2 Å². The standard InChI is InChI=1S/C6H14N2O2S/c1-7-6-4-8(5-6)2-3-11(9)10/h6-7H,2-5H2,1H3,(H,9,10)/p-1. The second-order valence-corrected chi connectivity index (χ2v) is 3.77. The van der Waals surface area contributed by atoms with Gasteiger partial charge in [-0.05, 0) is 7.05 Å². The number of likely N-dealkylation sites (N-methyl/N-ethyl adjacent to an activating group) is 1. The van der Waals surface area contributed by atoms with Gasteiger partial charge in [0, 0.05) is 31.4 Å². The molecule has 1 fully saturated rings. The lowest BCUT2D eigenvalue weighted by atomic mass is 10.1. The van der Waals surface area contributed by atoms with Gasteiger partial charge in [0.25, 0.3) is 0 Å². The number of rotatable bonds is 4. The van der Waals surface area contributed by atoms with Gasteiger partial charge in [-0.25, -0.2) is 0 Å². The van der Waals surface area contributed by atoms with Crippen molar-refractivity contribution in [2.45, 2.75) is 6.04 Å². The molecule has 1 aliphatic rings. The largest absolute Gasteiger partial charge is 0.772 e. The Labute approximate surface area is 69.2 Å². The van der Waals surface area contributed by atoms with E-state index in [0.29, 0.717) is 12.6 Å². The summed E-state index contributed by atoms with van der Waals surface area (Å²) in [7, 11) is 1.92. The highest BCUT2D eigenvalue weighted by Gasteiger charge is 2.23. The number of likely N-dealkylation sites (tertiary alicyclic amines) is 1. The molecule has 1 heterocycles. The third kappa shape index (κ3) is 2.86. The van der Waals surface area contributed by atoms with Crippen LogP contribution in [0.1, 0.15) is 0 Å². The SMILES string of the molecule is CNC1CN(CCS(=O)[O-])C1. The molecule has 0 bridgehead atoms. The molecule has 0 saturated carbocycles. The zero-order valence-corrected chi connectivity index (χ0v) is 7.39. The molecule has 0 spiro atoms. The maximum Gasteiger partial charge on any atom is 0.0320 e. The molecule has 1 unspecified atom stereocenters. The molecular formula is C6H13N2O2S-. The summed E-state index contributed by atoms with van der Waals surface area (Å²) in [5.41, 5.74) is 0. The van der Waals surface area contributed by atoms with Crippen molar-refractivity contribution in [2.75, 3.05) is 32.4 Å². The predicted octanol–water partition coefficient (Wildman–Crippen LogP) is -1.23. The Kier molecular flexibility index (Phi) is 3.45. The van der Waals surface area contributed by atoms with Crippen LogP contribution in [-0.2, 0) is 11.1 Å².